The molecule has 15 heteroatoms. The van der Waals surface area contributed by atoms with Gasteiger partial charge in [0.05, 0.1) is 12.2 Å². The average Bonchev–Trinajstić information content (AvgIpc) is 3.45. The number of ether oxygens (including phenoxy) is 2. The zero-order chi connectivity index (χ0) is 38.0. The van der Waals surface area contributed by atoms with E-state index in [4.69, 9.17) is 19.3 Å². The van der Waals surface area contributed by atoms with Gasteiger partial charge in [0.1, 0.15) is 28.5 Å². The Hall–Kier alpha value is -5.11. The summed E-state index contributed by atoms with van der Waals surface area (Å²) in [6, 6.07) is 17.9. The maximum Gasteiger partial charge on any atom is 0.469 e. The molecule has 0 atom stereocenters. The highest BCUT2D eigenvalue weighted by Crippen LogP contribution is 2.41. The van der Waals surface area contributed by atoms with E-state index in [0.717, 1.165) is 0 Å². The van der Waals surface area contributed by atoms with Crippen molar-refractivity contribution in [1.82, 2.24) is 9.13 Å². The Bertz CT molecular complexity index is 2230. The van der Waals surface area contributed by atoms with Crippen molar-refractivity contribution in [1.29, 1.82) is 0 Å². The fourth-order valence-electron chi connectivity index (χ4n) is 5.71. The van der Waals surface area contributed by atoms with Crippen LogP contribution in [0.15, 0.2) is 77.7 Å². The molecule has 0 aliphatic heterocycles. The summed E-state index contributed by atoms with van der Waals surface area (Å²) < 4.78 is 44.0. The van der Waals surface area contributed by atoms with E-state index in [-0.39, 0.29) is 24.1 Å². The van der Waals surface area contributed by atoms with E-state index >= 15 is 0 Å². The zero-order valence-electron chi connectivity index (χ0n) is 29.2. The SMILES string of the molecule is Cc1cc(F)cc(C)c1Oc1ccc(C(C)(C)O)cc1-c1cn(C)c(=O)c2c1cc(C(=O)Nc1ccccc1)n2COC(=O)CCCOP(=O)(O)O. The lowest BCUT2D eigenvalue weighted by molar-refractivity contribution is -0.147. The smallest absolute Gasteiger partial charge is 0.456 e. The third kappa shape index (κ3) is 8.84. The van der Waals surface area contributed by atoms with Crippen LogP contribution in [-0.2, 0) is 38.0 Å². The van der Waals surface area contributed by atoms with E-state index < -0.39 is 50.0 Å². The monoisotopic (exact) mass is 735 g/mol. The van der Waals surface area contributed by atoms with Crippen molar-refractivity contribution in [3.63, 3.8) is 0 Å². The highest BCUT2D eigenvalue weighted by Gasteiger charge is 2.26. The number of aryl methyl sites for hydroxylation is 3. The number of fused-ring (bicyclic) bond motifs is 1. The van der Waals surface area contributed by atoms with Gasteiger partial charge in [0.25, 0.3) is 11.5 Å². The van der Waals surface area contributed by atoms with E-state index in [1.54, 1.807) is 82.4 Å². The van der Waals surface area contributed by atoms with Crippen LogP contribution in [0.5, 0.6) is 11.5 Å². The van der Waals surface area contributed by atoms with Crippen LogP contribution in [0.25, 0.3) is 22.0 Å². The van der Waals surface area contributed by atoms with Crippen LogP contribution >= 0.6 is 7.82 Å². The lowest BCUT2D eigenvalue weighted by Gasteiger charge is -2.22. The van der Waals surface area contributed by atoms with Gasteiger partial charge in [0.15, 0.2) is 6.73 Å². The minimum atomic E-state index is -4.71. The molecular formula is C37H39FN3O10P. The van der Waals surface area contributed by atoms with Crippen LogP contribution in [-0.4, -0.2) is 42.5 Å². The van der Waals surface area contributed by atoms with E-state index in [1.165, 1.54) is 34.4 Å². The molecule has 1 amide bonds. The minimum Gasteiger partial charge on any atom is -0.456 e. The Kier molecular flexibility index (Phi) is 11.2. The van der Waals surface area contributed by atoms with Crippen LogP contribution in [0.4, 0.5) is 10.1 Å². The van der Waals surface area contributed by atoms with Gasteiger partial charge in [-0.25, -0.2) is 8.96 Å². The number of esters is 1. The first-order valence-corrected chi connectivity index (χ1v) is 17.7. The maximum atomic E-state index is 14.2. The number of halogens is 1. The Morgan fingerprint density at radius 1 is 0.981 bits per heavy atom. The number of aliphatic hydroxyl groups is 1. The normalized spacial score (nSPS) is 11.9. The first kappa shape index (κ1) is 38.1. The molecule has 0 radical (unpaired) electrons. The number of phosphoric acid groups is 1. The lowest BCUT2D eigenvalue weighted by Crippen LogP contribution is -2.24. The van der Waals surface area contributed by atoms with E-state index in [9.17, 15) is 28.4 Å². The largest absolute Gasteiger partial charge is 0.469 e. The summed E-state index contributed by atoms with van der Waals surface area (Å²) in [5, 5.41) is 14.1. The number of hydrogen-bond donors (Lipinski definition) is 4. The van der Waals surface area contributed by atoms with Crippen molar-refractivity contribution in [2.45, 2.75) is 52.9 Å². The second kappa shape index (κ2) is 15.2. The van der Waals surface area contributed by atoms with Gasteiger partial charge in [-0.1, -0.05) is 24.3 Å². The first-order valence-electron chi connectivity index (χ1n) is 16.2. The van der Waals surface area contributed by atoms with Crippen molar-refractivity contribution in [3.05, 3.63) is 111 Å². The molecule has 0 aliphatic carbocycles. The summed E-state index contributed by atoms with van der Waals surface area (Å²) in [5.74, 6) is -1.06. The predicted octanol–water partition coefficient (Wildman–Crippen LogP) is 6.43. The molecule has 2 heterocycles. The number of nitrogens with zero attached hydrogens (tertiary/aromatic N) is 2. The fraction of sp³-hybridized carbons (Fsp3) is 0.270. The summed E-state index contributed by atoms with van der Waals surface area (Å²) in [6.45, 7) is 5.71. The number of carbonyl (C=O) groups is 2. The minimum absolute atomic E-state index is 0.0181. The maximum absolute atomic E-state index is 14.2. The van der Waals surface area contributed by atoms with Gasteiger partial charge in [0.2, 0.25) is 0 Å². The molecule has 0 saturated carbocycles. The topological polar surface area (TPSA) is 179 Å². The number of rotatable bonds is 13. The molecular weight excluding hydrogens is 696 g/mol. The number of amides is 1. The quantitative estimate of drug-likeness (QED) is 0.0599. The van der Waals surface area contributed by atoms with Gasteiger partial charge in [-0.15, -0.1) is 0 Å². The van der Waals surface area contributed by atoms with Crippen molar-refractivity contribution >= 4 is 36.3 Å². The van der Waals surface area contributed by atoms with Crippen LogP contribution in [0.1, 0.15) is 53.9 Å². The second-order valence-electron chi connectivity index (χ2n) is 12.8. The summed E-state index contributed by atoms with van der Waals surface area (Å²) in [6.07, 6.45) is 1.25. The first-order chi connectivity index (χ1) is 24.4. The Labute approximate surface area is 298 Å². The third-order valence-electron chi connectivity index (χ3n) is 8.25. The number of hydrogen-bond acceptors (Lipinski definition) is 8. The fourth-order valence-corrected chi connectivity index (χ4v) is 6.08. The number of aromatic nitrogens is 2. The van der Waals surface area contributed by atoms with Crippen molar-refractivity contribution in [2.24, 2.45) is 7.05 Å². The number of nitrogens with one attached hydrogen (secondary N) is 1. The highest BCUT2D eigenvalue weighted by molar-refractivity contribution is 7.46. The Balaban J connectivity index is 1.66. The van der Waals surface area contributed by atoms with Gasteiger partial charge in [-0.05, 0) is 93.3 Å². The molecule has 0 fully saturated rings. The van der Waals surface area contributed by atoms with E-state index in [0.29, 0.717) is 50.4 Å². The number of para-hydroxylation sites is 1. The molecule has 13 nitrogen and oxygen atoms in total. The molecule has 0 bridgehead atoms. The molecule has 5 rings (SSSR count). The van der Waals surface area contributed by atoms with Crippen molar-refractivity contribution in [2.75, 3.05) is 11.9 Å². The molecule has 0 saturated heterocycles. The second-order valence-corrected chi connectivity index (χ2v) is 14.1. The van der Waals surface area contributed by atoms with Gasteiger partial charge in [-0.2, -0.15) is 0 Å². The summed E-state index contributed by atoms with van der Waals surface area (Å²) >= 11 is 0. The third-order valence-corrected chi connectivity index (χ3v) is 8.77. The van der Waals surface area contributed by atoms with Gasteiger partial charge >= 0.3 is 13.8 Å². The van der Waals surface area contributed by atoms with Crippen LogP contribution in [0.2, 0.25) is 0 Å². The molecule has 52 heavy (non-hydrogen) atoms. The van der Waals surface area contributed by atoms with Crippen molar-refractivity contribution < 1.29 is 47.4 Å². The number of phosphoric ester groups is 1. The van der Waals surface area contributed by atoms with Crippen LogP contribution in [0.3, 0.4) is 0 Å². The van der Waals surface area contributed by atoms with Crippen LogP contribution in [0, 0.1) is 19.7 Å². The van der Waals surface area contributed by atoms with E-state index in [2.05, 4.69) is 9.84 Å². The van der Waals surface area contributed by atoms with Crippen molar-refractivity contribution in [3.8, 4) is 22.6 Å². The summed E-state index contributed by atoms with van der Waals surface area (Å²) in [4.78, 5) is 58.2. The number of anilines is 1. The van der Waals surface area contributed by atoms with Gasteiger partial charge in [-0.3, -0.25) is 23.5 Å². The molecule has 4 N–H and O–H groups in total. The lowest BCUT2D eigenvalue weighted by atomic mass is 9.93. The molecule has 0 spiro atoms. The Morgan fingerprint density at radius 2 is 1.65 bits per heavy atom. The van der Waals surface area contributed by atoms with Gasteiger partial charge < -0.3 is 34.3 Å². The molecule has 5 aromatic rings. The summed E-state index contributed by atoms with van der Waals surface area (Å²) in [5.41, 5.74) is 1.14. The number of benzene rings is 3. The molecule has 0 aliphatic rings. The molecule has 2 aromatic heterocycles. The predicted molar refractivity (Wildman–Crippen MR) is 192 cm³/mol. The molecule has 274 valence electrons. The Morgan fingerprint density at radius 3 is 2.29 bits per heavy atom. The number of carbonyl (C=O) groups excluding carboxylic acids is 2. The zero-order valence-corrected chi connectivity index (χ0v) is 30.1. The highest BCUT2D eigenvalue weighted by atomic mass is 31.2. The van der Waals surface area contributed by atoms with Gasteiger partial charge in [0, 0.05) is 41.9 Å². The van der Waals surface area contributed by atoms with E-state index in [1.807, 2.05) is 0 Å². The molecule has 0 unspecified atom stereocenters. The van der Waals surface area contributed by atoms with Crippen LogP contribution < -0.4 is 15.6 Å². The standard InChI is InChI=1S/C37H39FN3O10P/c1-22-16-25(38)17-23(2)34(22)51-31-14-13-24(37(3,4)45)18-27(31)29-20-40(5)36(44)33-28(29)19-30(35(43)39-26-10-7-6-8-11-26)41(33)21-49-32(42)12-9-15-50-52(46,47)48/h6-8,10-11,13-14,16-20,45H,9,12,15,21H2,1-5H3,(H,39,43)(H2,46,47,48). The number of pyridine rings is 1. The molecule has 3 aromatic carbocycles. The summed E-state index contributed by atoms with van der Waals surface area (Å²) in [7, 11) is -3.19. The average molecular weight is 736 g/mol.